The second-order valence-electron chi connectivity index (χ2n) is 4.90. The predicted molar refractivity (Wildman–Crippen MR) is 78.6 cm³/mol. The van der Waals surface area contributed by atoms with Gasteiger partial charge in [0, 0.05) is 12.7 Å². The van der Waals surface area contributed by atoms with Gasteiger partial charge in [0.2, 0.25) is 0 Å². The molecule has 0 fully saturated rings. The van der Waals surface area contributed by atoms with Crippen LogP contribution in [0, 0.1) is 0 Å². The van der Waals surface area contributed by atoms with Crippen LogP contribution in [0.3, 0.4) is 0 Å². The average Bonchev–Trinajstić information content (AvgIpc) is 2.95. The highest BCUT2D eigenvalue weighted by Crippen LogP contribution is 2.21. The SMILES string of the molecule is CCC(C)c1ccc(OCCn2cc(CN)nn2)cc1. The third kappa shape index (κ3) is 3.81. The Morgan fingerprint density at radius 1 is 1.30 bits per heavy atom. The molecule has 0 radical (unpaired) electrons. The maximum Gasteiger partial charge on any atom is 0.119 e. The molecule has 0 amide bonds. The second-order valence-corrected chi connectivity index (χ2v) is 4.90. The molecule has 5 heteroatoms. The molecule has 0 aliphatic heterocycles. The van der Waals surface area contributed by atoms with Gasteiger partial charge in [-0.25, -0.2) is 4.68 Å². The minimum absolute atomic E-state index is 0.415. The molecule has 1 aromatic heterocycles. The number of nitrogens with zero attached hydrogens (tertiary/aromatic N) is 3. The molecule has 1 atom stereocenters. The molecule has 2 N–H and O–H groups in total. The van der Waals surface area contributed by atoms with E-state index in [2.05, 4.69) is 36.3 Å². The Kier molecular flexibility index (Phi) is 5.12. The predicted octanol–water partition coefficient (Wildman–Crippen LogP) is 2.33. The number of nitrogens with two attached hydrogens (primary N) is 1. The summed E-state index contributed by atoms with van der Waals surface area (Å²) in [5.41, 5.74) is 7.63. The summed E-state index contributed by atoms with van der Waals surface area (Å²) >= 11 is 0. The lowest BCUT2D eigenvalue weighted by Gasteiger charge is -2.10. The molecule has 1 heterocycles. The first-order valence-corrected chi connectivity index (χ1v) is 7.04. The van der Waals surface area contributed by atoms with Crippen molar-refractivity contribution in [3.8, 4) is 5.75 Å². The number of benzene rings is 1. The molecule has 20 heavy (non-hydrogen) atoms. The van der Waals surface area contributed by atoms with Crippen LogP contribution in [0.4, 0.5) is 0 Å². The molecule has 108 valence electrons. The highest BCUT2D eigenvalue weighted by molar-refractivity contribution is 5.29. The molecule has 0 saturated carbocycles. The van der Waals surface area contributed by atoms with Crippen molar-refractivity contribution in [3.05, 3.63) is 41.7 Å². The molecule has 0 bridgehead atoms. The Bertz CT molecular complexity index is 521. The van der Waals surface area contributed by atoms with Crippen molar-refractivity contribution in [2.75, 3.05) is 6.61 Å². The van der Waals surface area contributed by atoms with E-state index in [0.717, 1.165) is 17.9 Å². The van der Waals surface area contributed by atoms with Crippen molar-refractivity contribution < 1.29 is 4.74 Å². The zero-order valence-corrected chi connectivity index (χ0v) is 12.1. The van der Waals surface area contributed by atoms with Crippen LogP contribution in [0.15, 0.2) is 30.5 Å². The van der Waals surface area contributed by atoms with Gasteiger partial charge < -0.3 is 10.5 Å². The molecule has 0 spiro atoms. The van der Waals surface area contributed by atoms with Gasteiger partial charge >= 0.3 is 0 Å². The molecule has 2 aromatic rings. The maximum atomic E-state index is 5.70. The fraction of sp³-hybridized carbons (Fsp3) is 0.467. The van der Waals surface area contributed by atoms with Crippen LogP contribution in [-0.4, -0.2) is 21.6 Å². The Labute approximate surface area is 119 Å². The van der Waals surface area contributed by atoms with Crippen molar-refractivity contribution in [1.82, 2.24) is 15.0 Å². The van der Waals surface area contributed by atoms with Gasteiger partial charge in [-0.2, -0.15) is 0 Å². The zero-order chi connectivity index (χ0) is 14.4. The second kappa shape index (κ2) is 7.05. The van der Waals surface area contributed by atoms with E-state index in [1.54, 1.807) is 4.68 Å². The van der Waals surface area contributed by atoms with Crippen molar-refractivity contribution in [2.45, 2.75) is 39.3 Å². The molecule has 1 unspecified atom stereocenters. The summed E-state index contributed by atoms with van der Waals surface area (Å²) in [5.74, 6) is 1.48. The Hall–Kier alpha value is -1.88. The monoisotopic (exact) mass is 274 g/mol. The van der Waals surface area contributed by atoms with Gasteiger partial charge in [-0.3, -0.25) is 0 Å². The van der Waals surface area contributed by atoms with Gasteiger partial charge in [0.05, 0.1) is 12.2 Å². The summed E-state index contributed by atoms with van der Waals surface area (Å²) in [4.78, 5) is 0. The zero-order valence-electron chi connectivity index (χ0n) is 12.1. The standard InChI is InChI=1S/C15H22N4O/c1-3-12(2)13-4-6-15(7-5-13)20-9-8-19-11-14(10-16)17-18-19/h4-7,11-12H,3,8-10,16H2,1-2H3. The number of ether oxygens (including phenoxy) is 1. The van der Waals surface area contributed by atoms with Gasteiger partial charge in [-0.1, -0.05) is 31.2 Å². The van der Waals surface area contributed by atoms with Gasteiger partial charge in [0.1, 0.15) is 12.4 Å². The smallest absolute Gasteiger partial charge is 0.119 e. The first kappa shape index (κ1) is 14.5. The van der Waals surface area contributed by atoms with E-state index in [9.17, 15) is 0 Å². The van der Waals surface area contributed by atoms with Gasteiger partial charge in [0.15, 0.2) is 0 Å². The van der Waals surface area contributed by atoms with Gasteiger partial charge in [0.25, 0.3) is 0 Å². The molecule has 2 rings (SSSR count). The summed E-state index contributed by atoms with van der Waals surface area (Å²) in [7, 11) is 0. The molecule has 5 nitrogen and oxygen atoms in total. The topological polar surface area (TPSA) is 66.0 Å². The first-order chi connectivity index (χ1) is 9.72. The van der Waals surface area contributed by atoms with E-state index in [0.29, 0.717) is 25.6 Å². The average molecular weight is 274 g/mol. The number of rotatable bonds is 7. The van der Waals surface area contributed by atoms with E-state index < -0.39 is 0 Å². The van der Waals surface area contributed by atoms with Crippen LogP contribution < -0.4 is 10.5 Å². The summed E-state index contributed by atoms with van der Waals surface area (Å²) in [6.07, 6.45) is 2.99. The third-order valence-electron chi connectivity index (χ3n) is 3.45. The fourth-order valence-electron chi connectivity index (χ4n) is 1.93. The lowest BCUT2D eigenvalue weighted by atomic mass is 9.99. The summed E-state index contributed by atoms with van der Waals surface area (Å²) in [5, 5.41) is 7.91. The number of hydrogen-bond acceptors (Lipinski definition) is 4. The molecule has 0 saturated heterocycles. The summed E-state index contributed by atoms with van der Waals surface area (Å²) in [6.45, 7) is 6.08. The van der Waals surface area contributed by atoms with E-state index in [4.69, 9.17) is 10.5 Å². The van der Waals surface area contributed by atoms with Crippen molar-refractivity contribution >= 4 is 0 Å². The molecule has 0 aliphatic rings. The Balaban J connectivity index is 1.82. The minimum Gasteiger partial charge on any atom is -0.492 e. The van der Waals surface area contributed by atoms with Crippen molar-refractivity contribution in [3.63, 3.8) is 0 Å². The highest BCUT2D eigenvalue weighted by atomic mass is 16.5. The maximum absolute atomic E-state index is 5.70. The van der Waals surface area contributed by atoms with Crippen LogP contribution in [-0.2, 0) is 13.1 Å². The van der Waals surface area contributed by atoms with E-state index in [1.807, 2.05) is 18.3 Å². The highest BCUT2D eigenvalue weighted by Gasteiger charge is 2.03. The lowest BCUT2D eigenvalue weighted by Crippen LogP contribution is -2.08. The number of hydrogen-bond donors (Lipinski definition) is 1. The summed E-state index contributed by atoms with van der Waals surface area (Å²) in [6, 6.07) is 8.30. The fourth-order valence-corrected chi connectivity index (χ4v) is 1.93. The largest absolute Gasteiger partial charge is 0.492 e. The lowest BCUT2D eigenvalue weighted by molar-refractivity contribution is 0.289. The minimum atomic E-state index is 0.415. The van der Waals surface area contributed by atoms with Gasteiger partial charge in [-0.05, 0) is 30.0 Å². The van der Waals surface area contributed by atoms with E-state index >= 15 is 0 Å². The Morgan fingerprint density at radius 2 is 2.05 bits per heavy atom. The molecular formula is C15H22N4O. The molecule has 1 aromatic carbocycles. The van der Waals surface area contributed by atoms with Crippen LogP contribution >= 0.6 is 0 Å². The Morgan fingerprint density at radius 3 is 2.65 bits per heavy atom. The summed E-state index contributed by atoms with van der Waals surface area (Å²) < 4.78 is 7.45. The third-order valence-corrected chi connectivity index (χ3v) is 3.45. The van der Waals surface area contributed by atoms with Crippen LogP contribution in [0.2, 0.25) is 0 Å². The quantitative estimate of drug-likeness (QED) is 0.841. The first-order valence-electron chi connectivity index (χ1n) is 7.04. The molecular weight excluding hydrogens is 252 g/mol. The molecule has 0 aliphatic carbocycles. The van der Waals surface area contributed by atoms with Crippen LogP contribution in [0.5, 0.6) is 5.75 Å². The number of aromatic nitrogens is 3. The van der Waals surface area contributed by atoms with Crippen molar-refractivity contribution in [1.29, 1.82) is 0 Å². The van der Waals surface area contributed by atoms with E-state index in [-0.39, 0.29) is 0 Å². The van der Waals surface area contributed by atoms with Gasteiger partial charge in [-0.15, -0.1) is 5.10 Å². The van der Waals surface area contributed by atoms with Crippen LogP contribution in [0.1, 0.15) is 37.4 Å². The normalized spacial score (nSPS) is 12.3. The van der Waals surface area contributed by atoms with Crippen molar-refractivity contribution in [2.24, 2.45) is 5.73 Å². The van der Waals surface area contributed by atoms with E-state index in [1.165, 1.54) is 5.56 Å². The van der Waals surface area contributed by atoms with Crippen LogP contribution in [0.25, 0.3) is 0 Å².